The Morgan fingerprint density at radius 2 is 1.74 bits per heavy atom. The van der Waals surface area contributed by atoms with E-state index in [-0.39, 0.29) is 11.7 Å². The van der Waals surface area contributed by atoms with Gasteiger partial charge in [-0.05, 0) is 23.3 Å². The molecule has 2 saturated heterocycles. The van der Waals surface area contributed by atoms with E-state index in [4.69, 9.17) is 4.99 Å². The number of carbonyl (C=O) groups excluding carboxylic acids is 2. The first-order valence-corrected chi connectivity index (χ1v) is 11.8. The van der Waals surface area contributed by atoms with Gasteiger partial charge in [0.05, 0.1) is 0 Å². The van der Waals surface area contributed by atoms with Gasteiger partial charge >= 0.3 is 6.03 Å². The number of imide groups is 1. The van der Waals surface area contributed by atoms with Crippen LogP contribution in [0.15, 0.2) is 65.7 Å². The molecule has 182 valence electrons. The zero-order valence-corrected chi connectivity index (χ0v) is 19.7. The molecule has 3 heterocycles. The Morgan fingerprint density at radius 3 is 2.46 bits per heavy atom. The highest BCUT2D eigenvalue weighted by molar-refractivity contribution is 6.03. The van der Waals surface area contributed by atoms with Crippen molar-refractivity contribution in [1.82, 2.24) is 24.9 Å². The number of halogens is 1. The van der Waals surface area contributed by atoms with Gasteiger partial charge in [-0.3, -0.25) is 15.0 Å². The minimum atomic E-state index is -0.564. The molecule has 8 nitrogen and oxygen atoms in total. The van der Waals surface area contributed by atoms with Gasteiger partial charge in [0.25, 0.3) is 5.91 Å². The van der Waals surface area contributed by atoms with E-state index >= 15 is 0 Å². The van der Waals surface area contributed by atoms with Crippen molar-refractivity contribution in [1.29, 1.82) is 0 Å². The molecule has 0 aromatic heterocycles. The third kappa shape index (κ3) is 4.90. The third-order valence-corrected chi connectivity index (χ3v) is 6.73. The Morgan fingerprint density at radius 1 is 1.03 bits per heavy atom. The lowest BCUT2D eigenvalue weighted by Gasteiger charge is -2.40. The Bertz CT molecular complexity index is 1130. The van der Waals surface area contributed by atoms with Crippen molar-refractivity contribution in [3.63, 3.8) is 0 Å². The normalized spacial score (nSPS) is 23.0. The van der Waals surface area contributed by atoms with Crippen molar-refractivity contribution in [2.75, 3.05) is 39.8 Å². The number of piperazine rings is 1. The maximum absolute atomic E-state index is 13.2. The summed E-state index contributed by atoms with van der Waals surface area (Å²) < 4.78 is 13.2. The van der Waals surface area contributed by atoms with E-state index < -0.39 is 18.2 Å². The van der Waals surface area contributed by atoms with Crippen LogP contribution in [0.3, 0.4) is 0 Å². The van der Waals surface area contributed by atoms with Gasteiger partial charge in [0.15, 0.2) is 18.2 Å². The second-order valence-electron chi connectivity index (χ2n) is 9.05. The van der Waals surface area contributed by atoms with Crippen LogP contribution in [0.5, 0.6) is 0 Å². The molecule has 0 bridgehead atoms. The molecule has 2 unspecified atom stereocenters. The number of benzene rings is 2. The van der Waals surface area contributed by atoms with Gasteiger partial charge in [-0.25, -0.2) is 14.2 Å². The van der Waals surface area contributed by atoms with Crippen molar-refractivity contribution in [3.8, 4) is 0 Å². The molecule has 0 spiro atoms. The Hall–Kier alpha value is -3.72. The van der Waals surface area contributed by atoms with E-state index in [2.05, 4.69) is 15.1 Å². The number of guanidine groups is 1. The lowest BCUT2D eigenvalue weighted by molar-refractivity contribution is -0.127. The van der Waals surface area contributed by atoms with Gasteiger partial charge in [-0.15, -0.1) is 0 Å². The molecule has 3 aliphatic rings. The molecule has 1 N–H and O–H groups in total. The van der Waals surface area contributed by atoms with Crippen molar-refractivity contribution in [2.45, 2.75) is 18.8 Å². The molecule has 0 saturated carbocycles. The first kappa shape index (κ1) is 23.0. The van der Waals surface area contributed by atoms with E-state index in [1.807, 2.05) is 59.5 Å². The van der Waals surface area contributed by atoms with Gasteiger partial charge in [0.1, 0.15) is 5.82 Å². The van der Waals surface area contributed by atoms with Crippen molar-refractivity contribution in [3.05, 3.63) is 77.6 Å². The van der Waals surface area contributed by atoms with Crippen LogP contribution in [0, 0.1) is 5.82 Å². The molecule has 5 rings (SSSR count). The van der Waals surface area contributed by atoms with Crippen LogP contribution in [0.4, 0.5) is 9.18 Å². The van der Waals surface area contributed by atoms with Crippen LogP contribution < -0.4 is 5.32 Å². The third-order valence-electron chi connectivity index (χ3n) is 6.73. The summed E-state index contributed by atoms with van der Waals surface area (Å²) in [5.74, 6) is 0.198. The standard InChI is InChI=1S/C26H29FN6O2/c1-30-23-22(24(34)29-26(30)35)33(13-5-8-19-6-3-2-4-7-19)25(28-23)32-16-14-31(15-17-32)18-20-9-11-21(27)12-10-20/h2-12,22-23H,13-18H2,1H3,(H,29,34,35)/b8-5+. The zero-order valence-electron chi connectivity index (χ0n) is 19.7. The predicted octanol–water partition coefficient (Wildman–Crippen LogP) is 2.20. The summed E-state index contributed by atoms with van der Waals surface area (Å²) >= 11 is 0. The highest BCUT2D eigenvalue weighted by Crippen LogP contribution is 2.26. The highest BCUT2D eigenvalue weighted by atomic mass is 19.1. The fourth-order valence-electron chi connectivity index (χ4n) is 4.79. The molecule has 9 heteroatoms. The smallest absolute Gasteiger partial charge is 0.325 e. The molecule has 2 atom stereocenters. The fraction of sp³-hybridized carbons (Fsp3) is 0.346. The van der Waals surface area contributed by atoms with E-state index in [1.165, 1.54) is 17.0 Å². The molecule has 0 aliphatic carbocycles. The summed E-state index contributed by atoms with van der Waals surface area (Å²) in [6, 6.07) is 15.6. The van der Waals surface area contributed by atoms with Crippen LogP contribution in [-0.2, 0) is 11.3 Å². The molecule has 3 amide bonds. The second-order valence-corrected chi connectivity index (χ2v) is 9.05. The van der Waals surface area contributed by atoms with Crippen LogP contribution in [0.2, 0.25) is 0 Å². The first-order chi connectivity index (χ1) is 17.0. The fourth-order valence-corrected chi connectivity index (χ4v) is 4.79. The molecule has 2 aromatic carbocycles. The molecule has 0 radical (unpaired) electrons. The number of likely N-dealkylation sites (N-methyl/N-ethyl adjacent to an activating group) is 1. The Kier molecular flexibility index (Phi) is 6.50. The average Bonchev–Trinajstić information content (AvgIpc) is 3.25. The summed E-state index contributed by atoms with van der Waals surface area (Å²) in [7, 11) is 1.67. The topological polar surface area (TPSA) is 71.5 Å². The predicted molar refractivity (Wildman–Crippen MR) is 132 cm³/mol. The molecule has 35 heavy (non-hydrogen) atoms. The Balaban J connectivity index is 1.30. The van der Waals surface area contributed by atoms with E-state index in [0.717, 1.165) is 49.8 Å². The molecule has 2 aromatic rings. The number of carbonyl (C=O) groups is 2. The maximum Gasteiger partial charge on any atom is 0.325 e. The molecular formula is C26H29FN6O2. The molecule has 2 fully saturated rings. The number of aliphatic imine (C=N–C) groups is 1. The SMILES string of the molecule is CN1C(=O)NC(=O)C2C1N=C(N1CCN(Cc3ccc(F)cc3)CC1)N2C/C=C/c1ccccc1. The summed E-state index contributed by atoms with van der Waals surface area (Å²) in [6.45, 7) is 4.39. The van der Waals surface area contributed by atoms with E-state index in [0.29, 0.717) is 6.54 Å². The Labute approximate surface area is 204 Å². The minimum Gasteiger partial charge on any atom is -0.340 e. The van der Waals surface area contributed by atoms with Gasteiger partial charge in [-0.2, -0.15) is 0 Å². The van der Waals surface area contributed by atoms with Crippen molar-refractivity contribution in [2.24, 2.45) is 4.99 Å². The maximum atomic E-state index is 13.2. The number of amides is 3. The van der Waals surface area contributed by atoms with Gasteiger partial charge in [-0.1, -0.05) is 54.6 Å². The number of nitrogens with one attached hydrogen (secondary N) is 1. The van der Waals surface area contributed by atoms with Gasteiger partial charge in [0, 0.05) is 46.3 Å². The number of hydrogen-bond donors (Lipinski definition) is 1. The van der Waals surface area contributed by atoms with E-state index in [1.54, 1.807) is 7.05 Å². The zero-order chi connectivity index (χ0) is 24.4. The largest absolute Gasteiger partial charge is 0.340 e. The lowest BCUT2D eigenvalue weighted by Crippen LogP contribution is -2.64. The monoisotopic (exact) mass is 476 g/mol. The first-order valence-electron chi connectivity index (χ1n) is 11.8. The van der Waals surface area contributed by atoms with Gasteiger partial charge in [0.2, 0.25) is 0 Å². The number of fused-ring (bicyclic) bond motifs is 1. The van der Waals surface area contributed by atoms with Gasteiger partial charge < -0.3 is 14.7 Å². The average molecular weight is 477 g/mol. The quantitative estimate of drug-likeness (QED) is 0.717. The summed E-state index contributed by atoms with van der Waals surface area (Å²) in [5.41, 5.74) is 2.16. The highest BCUT2D eigenvalue weighted by Gasteiger charge is 2.49. The summed E-state index contributed by atoms with van der Waals surface area (Å²) in [4.78, 5) is 37.9. The molecule has 3 aliphatic heterocycles. The number of urea groups is 1. The number of hydrogen-bond acceptors (Lipinski definition) is 6. The minimum absolute atomic E-state index is 0.229. The van der Waals surface area contributed by atoms with E-state index in [9.17, 15) is 14.0 Å². The number of rotatable bonds is 5. The van der Waals surface area contributed by atoms with Crippen molar-refractivity contribution >= 4 is 24.0 Å². The molecular weight excluding hydrogens is 447 g/mol. The summed E-state index contributed by atoms with van der Waals surface area (Å²) in [6.07, 6.45) is 3.51. The van der Waals surface area contributed by atoms with Crippen LogP contribution in [-0.4, -0.2) is 89.5 Å². The van der Waals surface area contributed by atoms with Crippen molar-refractivity contribution < 1.29 is 14.0 Å². The summed E-state index contributed by atoms with van der Waals surface area (Å²) in [5, 5.41) is 2.46. The number of nitrogens with zero attached hydrogens (tertiary/aromatic N) is 5. The van der Waals surface area contributed by atoms with Crippen LogP contribution in [0.25, 0.3) is 6.08 Å². The van der Waals surface area contributed by atoms with Crippen LogP contribution in [0.1, 0.15) is 11.1 Å². The lowest BCUT2D eigenvalue weighted by atomic mass is 10.1. The second kappa shape index (κ2) is 9.87. The van der Waals surface area contributed by atoms with Crippen LogP contribution >= 0.6 is 0 Å².